The van der Waals surface area contributed by atoms with Crippen LogP contribution < -0.4 is 21.0 Å². The van der Waals surface area contributed by atoms with E-state index in [4.69, 9.17) is 5.21 Å². The van der Waals surface area contributed by atoms with Crippen molar-refractivity contribution >= 4 is 45.9 Å². The molecule has 4 amide bonds. The van der Waals surface area contributed by atoms with Crippen molar-refractivity contribution in [2.75, 3.05) is 10.2 Å². The molecule has 0 radical (unpaired) electrons. The molecule has 0 saturated heterocycles. The van der Waals surface area contributed by atoms with Crippen LogP contribution in [0.1, 0.15) is 66.4 Å². The standard InChI is InChI=1S/C34H35N5O5/c1-22(23-16-18-26(19-17-23)39-21-25-9-5-6-12-27(25)34(39)43)32(41)37-29(13-3-2-4-15-30(40)38-44)33(42)36-28-14-7-10-24-11-8-20-35-31(24)28/h5-12,14,16-20,22,29,44H,2-4,13,15,21H2,1H3,(H,36,42)(H,37,41)(H,38,40)/t22?,29-/m0/s1. The lowest BCUT2D eigenvalue weighted by Crippen LogP contribution is -2.45. The van der Waals surface area contributed by atoms with Crippen LogP contribution in [0, 0.1) is 0 Å². The SMILES string of the molecule is CC(C(=O)N[C@@H](CCCCCC(=O)NO)C(=O)Nc1cccc2cccnc12)c1ccc(N2Cc3ccccc3C2=O)cc1. The zero-order valence-corrected chi connectivity index (χ0v) is 24.5. The van der Waals surface area contributed by atoms with E-state index in [1.165, 1.54) is 0 Å². The highest BCUT2D eigenvalue weighted by molar-refractivity contribution is 6.10. The van der Waals surface area contributed by atoms with Crippen LogP contribution in [0.15, 0.2) is 85.1 Å². The van der Waals surface area contributed by atoms with Crippen molar-refractivity contribution in [1.29, 1.82) is 0 Å². The van der Waals surface area contributed by atoms with E-state index in [0.717, 1.165) is 22.2 Å². The summed E-state index contributed by atoms with van der Waals surface area (Å²) in [6.45, 7) is 2.27. The second-order valence-electron chi connectivity index (χ2n) is 10.9. The number of nitrogens with one attached hydrogen (secondary N) is 3. The van der Waals surface area contributed by atoms with Gasteiger partial charge in [-0.3, -0.25) is 29.4 Å². The van der Waals surface area contributed by atoms with Gasteiger partial charge in [-0.2, -0.15) is 0 Å². The molecule has 4 aromatic rings. The van der Waals surface area contributed by atoms with E-state index < -0.39 is 17.9 Å². The van der Waals surface area contributed by atoms with Crippen LogP contribution in [0.25, 0.3) is 10.9 Å². The third kappa shape index (κ3) is 6.92. The minimum atomic E-state index is -0.824. The van der Waals surface area contributed by atoms with Gasteiger partial charge in [0.25, 0.3) is 5.91 Å². The van der Waals surface area contributed by atoms with E-state index in [1.54, 1.807) is 29.6 Å². The van der Waals surface area contributed by atoms with E-state index in [0.29, 0.717) is 49.0 Å². The third-order valence-corrected chi connectivity index (χ3v) is 7.96. The smallest absolute Gasteiger partial charge is 0.258 e. The molecule has 5 rings (SSSR count). The topological polar surface area (TPSA) is 141 Å². The zero-order valence-electron chi connectivity index (χ0n) is 24.5. The maximum absolute atomic E-state index is 13.5. The molecule has 0 saturated carbocycles. The second kappa shape index (κ2) is 13.9. The average Bonchev–Trinajstić information content (AvgIpc) is 3.39. The number of hydrogen-bond acceptors (Lipinski definition) is 6. The van der Waals surface area contributed by atoms with Gasteiger partial charge < -0.3 is 15.5 Å². The molecular weight excluding hydrogens is 558 g/mol. The molecule has 0 spiro atoms. The first-order valence-electron chi connectivity index (χ1n) is 14.7. The van der Waals surface area contributed by atoms with Crippen molar-refractivity contribution in [3.05, 3.63) is 102 Å². The lowest BCUT2D eigenvalue weighted by Gasteiger charge is -2.22. The van der Waals surface area contributed by atoms with E-state index in [1.807, 2.05) is 72.8 Å². The van der Waals surface area contributed by atoms with Crippen molar-refractivity contribution < 1.29 is 24.4 Å². The van der Waals surface area contributed by atoms with E-state index >= 15 is 0 Å². The maximum atomic E-state index is 13.5. The molecule has 10 heteroatoms. The first-order valence-corrected chi connectivity index (χ1v) is 14.7. The number of benzene rings is 3. The van der Waals surface area contributed by atoms with Crippen LogP contribution in [0.3, 0.4) is 0 Å². The summed E-state index contributed by atoms with van der Waals surface area (Å²) in [7, 11) is 0. The lowest BCUT2D eigenvalue weighted by molar-refractivity contribution is -0.129. The van der Waals surface area contributed by atoms with Gasteiger partial charge in [0, 0.05) is 29.3 Å². The fourth-order valence-electron chi connectivity index (χ4n) is 5.41. The molecule has 1 aliphatic heterocycles. The van der Waals surface area contributed by atoms with E-state index in [2.05, 4.69) is 15.6 Å². The largest absolute Gasteiger partial charge is 0.344 e. The van der Waals surface area contributed by atoms with Crippen molar-refractivity contribution in [2.45, 2.75) is 57.5 Å². The maximum Gasteiger partial charge on any atom is 0.258 e. The molecule has 0 aliphatic carbocycles. The number of aromatic nitrogens is 1. The Kier molecular flexibility index (Phi) is 9.61. The number of carbonyl (C=O) groups is 4. The number of para-hydroxylation sites is 1. The molecule has 1 aromatic heterocycles. The van der Waals surface area contributed by atoms with Gasteiger partial charge in [-0.1, -0.05) is 61.4 Å². The molecule has 2 atom stereocenters. The molecule has 10 nitrogen and oxygen atoms in total. The van der Waals surface area contributed by atoms with Gasteiger partial charge in [0.2, 0.25) is 17.7 Å². The summed E-state index contributed by atoms with van der Waals surface area (Å²) in [5, 5.41) is 15.5. The predicted molar refractivity (Wildman–Crippen MR) is 167 cm³/mol. The van der Waals surface area contributed by atoms with E-state index in [-0.39, 0.29) is 24.1 Å². The summed E-state index contributed by atoms with van der Waals surface area (Å²) >= 11 is 0. The lowest BCUT2D eigenvalue weighted by atomic mass is 9.98. The van der Waals surface area contributed by atoms with Gasteiger partial charge in [0.05, 0.1) is 23.7 Å². The minimum absolute atomic E-state index is 0.0496. The Morgan fingerprint density at radius 1 is 0.909 bits per heavy atom. The molecule has 2 heterocycles. The molecule has 4 N–H and O–H groups in total. The number of hydroxylamine groups is 1. The zero-order chi connectivity index (χ0) is 31.1. The summed E-state index contributed by atoms with van der Waals surface area (Å²) in [5.74, 6) is -1.74. The quantitative estimate of drug-likeness (QED) is 0.103. The Bertz CT molecular complexity index is 1670. The molecule has 1 unspecified atom stereocenters. The fourth-order valence-corrected chi connectivity index (χ4v) is 5.41. The van der Waals surface area contributed by atoms with E-state index in [9.17, 15) is 19.2 Å². The minimum Gasteiger partial charge on any atom is -0.344 e. The highest BCUT2D eigenvalue weighted by Gasteiger charge is 2.29. The average molecular weight is 594 g/mol. The highest BCUT2D eigenvalue weighted by Crippen LogP contribution is 2.29. The number of rotatable bonds is 12. The summed E-state index contributed by atoms with van der Waals surface area (Å²) in [5.41, 5.74) is 6.00. The van der Waals surface area contributed by atoms with Crippen LogP contribution in [0.4, 0.5) is 11.4 Å². The monoisotopic (exact) mass is 593 g/mol. The summed E-state index contributed by atoms with van der Waals surface area (Å²) < 4.78 is 0. The number of anilines is 2. The van der Waals surface area contributed by atoms with Crippen LogP contribution in [-0.2, 0) is 20.9 Å². The second-order valence-corrected chi connectivity index (χ2v) is 10.9. The number of amides is 4. The number of carbonyl (C=O) groups excluding carboxylic acids is 4. The number of pyridine rings is 1. The highest BCUT2D eigenvalue weighted by atomic mass is 16.5. The van der Waals surface area contributed by atoms with Crippen molar-refractivity contribution in [3.8, 4) is 0 Å². The number of nitrogens with zero attached hydrogens (tertiary/aromatic N) is 2. The van der Waals surface area contributed by atoms with Gasteiger partial charge in [-0.25, -0.2) is 5.48 Å². The van der Waals surface area contributed by atoms with Crippen LogP contribution in [0.2, 0.25) is 0 Å². The first-order chi connectivity index (χ1) is 21.4. The first kappa shape index (κ1) is 30.4. The molecule has 0 bridgehead atoms. The van der Waals surface area contributed by atoms with Gasteiger partial charge >= 0.3 is 0 Å². The number of fused-ring (bicyclic) bond motifs is 2. The predicted octanol–water partition coefficient (Wildman–Crippen LogP) is 5.08. The number of hydrogen-bond donors (Lipinski definition) is 4. The molecule has 226 valence electrons. The summed E-state index contributed by atoms with van der Waals surface area (Å²) in [6.07, 6.45) is 3.95. The van der Waals surface area contributed by atoms with Gasteiger partial charge in [0.1, 0.15) is 6.04 Å². The van der Waals surface area contributed by atoms with Gasteiger partial charge in [-0.15, -0.1) is 0 Å². The fraction of sp³-hybridized carbons (Fsp3) is 0.265. The molecule has 0 fully saturated rings. The van der Waals surface area contributed by atoms with Crippen LogP contribution >= 0.6 is 0 Å². The normalized spacial score (nSPS) is 13.7. The molecular formula is C34H35N5O5. The van der Waals surface area contributed by atoms with Crippen molar-refractivity contribution in [1.82, 2.24) is 15.8 Å². The Morgan fingerprint density at radius 2 is 1.68 bits per heavy atom. The summed E-state index contributed by atoms with van der Waals surface area (Å²) in [6, 6.07) is 23.3. The van der Waals surface area contributed by atoms with Crippen molar-refractivity contribution in [2.24, 2.45) is 0 Å². The Labute approximate surface area is 255 Å². The molecule has 44 heavy (non-hydrogen) atoms. The van der Waals surface area contributed by atoms with Crippen LogP contribution in [0.5, 0.6) is 0 Å². The Balaban J connectivity index is 1.26. The van der Waals surface area contributed by atoms with Crippen LogP contribution in [-0.4, -0.2) is 39.9 Å². The Hall–Kier alpha value is -5.09. The molecule has 1 aliphatic rings. The molecule has 3 aromatic carbocycles. The van der Waals surface area contributed by atoms with Gasteiger partial charge in [0.15, 0.2) is 0 Å². The Morgan fingerprint density at radius 3 is 2.45 bits per heavy atom. The third-order valence-electron chi connectivity index (χ3n) is 7.96. The summed E-state index contributed by atoms with van der Waals surface area (Å²) in [4.78, 5) is 57.3. The number of unbranched alkanes of at least 4 members (excludes halogenated alkanes) is 2. The van der Waals surface area contributed by atoms with Gasteiger partial charge in [-0.05, 0) is 61.2 Å². The van der Waals surface area contributed by atoms with Crippen molar-refractivity contribution in [3.63, 3.8) is 0 Å².